The number of anilines is 1. The molecule has 2 amide bonds. The number of amides is 2. The SMILES string of the molecule is Cc1cncc(NC(=O)NC(C(=O)O)C(C)C)c1. The van der Waals surface area contributed by atoms with Crippen LogP contribution in [0.4, 0.5) is 10.5 Å². The molecule has 1 heterocycles. The van der Waals surface area contributed by atoms with Crippen molar-refractivity contribution in [3.05, 3.63) is 24.0 Å². The summed E-state index contributed by atoms with van der Waals surface area (Å²) in [6.45, 7) is 5.31. The molecule has 3 N–H and O–H groups in total. The van der Waals surface area contributed by atoms with E-state index < -0.39 is 18.0 Å². The second-order valence-corrected chi connectivity index (χ2v) is 4.41. The zero-order valence-electron chi connectivity index (χ0n) is 10.6. The quantitative estimate of drug-likeness (QED) is 0.758. The average molecular weight is 251 g/mol. The number of hydrogen-bond donors (Lipinski definition) is 3. The lowest BCUT2D eigenvalue weighted by Crippen LogP contribution is -2.46. The number of carbonyl (C=O) groups excluding carboxylic acids is 1. The molecule has 0 saturated heterocycles. The number of carbonyl (C=O) groups is 2. The predicted octanol–water partition coefficient (Wildman–Crippen LogP) is 1.62. The fraction of sp³-hybridized carbons (Fsp3) is 0.417. The fourth-order valence-electron chi connectivity index (χ4n) is 1.45. The standard InChI is InChI=1S/C12H17N3O3/c1-7(2)10(11(16)17)15-12(18)14-9-4-8(3)5-13-6-9/h4-7,10H,1-3H3,(H,16,17)(H2,14,15,18). The molecule has 0 bridgehead atoms. The third kappa shape index (κ3) is 4.04. The average Bonchev–Trinajstić information content (AvgIpc) is 2.25. The van der Waals surface area contributed by atoms with Gasteiger partial charge in [-0.15, -0.1) is 0 Å². The van der Waals surface area contributed by atoms with E-state index in [2.05, 4.69) is 15.6 Å². The highest BCUT2D eigenvalue weighted by Crippen LogP contribution is 2.07. The number of nitrogens with one attached hydrogen (secondary N) is 2. The molecule has 98 valence electrons. The van der Waals surface area contributed by atoms with E-state index in [1.54, 1.807) is 26.1 Å². The molecule has 0 aliphatic heterocycles. The minimum atomic E-state index is -1.05. The Morgan fingerprint density at radius 3 is 2.50 bits per heavy atom. The lowest BCUT2D eigenvalue weighted by Gasteiger charge is -2.18. The van der Waals surface area contributed by atoms with Crippen molar-refractivity contribution in [1.82, 2.24) is 10.3 Å². The minimum Gasteiger partial charge on any atom is -0.480 e. The molecule has 0 aromatic carbocycles. The van der Waals surface area contributed by atoms with Crippen LogP contribution in [0.3, 0.4) is 0 Å². The van der Waals surface area contributed by atoms with Crippen molar-refractivity contribution in [3.8, 4) is 0 Å². The molecule has 1 aromatic rings. The summed E-state index contributed by atoms with van der Waals surface area (Å²) in [5.41, 5.74) is 1.44. The van der Waals surface area contributed by atoms with E-state index in [1.165, 1.54) is 6.20 Å². The Balaban J connectivity index is 2.63. The number of hydrogen-bond acceptors (Lipinski definition) is 3. The number of rotatable bonds is 4. The van der Waals surface area contributed by atoms with Crippen LogP contribution in [0.15, 0.2) is 18.5 Å². The summed E-state index contributed by atoms with van der Waals surface area (Å²) in [5.74, 6) is -1.24. The molecular formula is C12H17N3O3. The Bertz CT molecular complexity index is 446. The Morgan fingerprint density at radius 1 is 1.33 bits per heavy atom. The largest absolute Gasteiger partial charge is 0.480 e. The molecule has 1 unspecified atom stereocenters. The minimum absolute atomic E-state index is 0.191. The monoisotopic (exact) mass is 251 g/mol. The Kier molecular flexibility index (Phi) is 4.65. The summed E-state index contributed by atoms with van der Waals surface area (Å²) in [4.78, 5) is 26.5. The number of carboxylic acid groups (broad SMARTS) is 1. The van der Waals surface area contributed by atoms with Gasteiger partial charge in [-0.05, 0) is 24.5 Å². The topological polar surface area (TPSA) is 91.3 Å². The van der Waals surface area contributed by atoms with Crippen LogP contribution in [-0.4, -0.2) is 28.1 Å². The first-order valence-corrected chi connectivity index (χ1v) is 5.62. The van der Waals surface area contributed by atoms with Crippen molar-refractivity contribution < 1.29 is 14.7 Å². The third-order valence-corrected chi connectivity index (χ3v) is 2.35. The van der Waals surface area contributed by atoms with E-state index in [0.29, 0.717) is 5.69 Å². The number of aromatic nitrogens is 1. The maximum Gasteiger partial charge on any atom is 0.326 e. The summed E-state index contributed by atoms with van der Waals surface area (Å²) in [6.07, 6.45) is 3.16. The van der Waals surface area contributed by atoms with E-state index in [-0.39, 0.29) is 5.92 Å². The van der Waals surface area contributed by atoms with Gasteiger partial charge < -0.3 is 15.7 Å². The smallest absolute Gasteiger partial charge is 0.326 e. The van der Waals surface area contributed by atoms with Gasteiger partial charge in [0.15, 0.2) is 0 Å². The lowest BCUT2D eigenvalue weighted by atomic mass is 10.1. The number of carboxylic acids is 1. The molecule has 18 heavy (non-hydrogen) atoms. The van der Waals surface area contributed by atoms with Gasteiger partial charge in [-0.25, -0.2) is 9.59 Å². The Hall–Kier alpha value is -2.11. The highest BCUT2D eigenvalue weighted by Gasteiger charge is 2.23. The van der Waals surface area contributed by atoms with Crippen LogP contribution in [0.5, 0.6) is 0 Å². The summed E-state index contributed by atoms with van der Waals surface area (Å²) in [5, 5.41) is 13.9. The molecule has 0 saturated carbocycles. The fourth-order valence-corrected chi connectivity index (χ4v) is 1.45. The Morgan fingerprint density at radius 2 is 2.00 bits per heavy atom. The summed E-state index contributed by atoms with van der Waals surface area (Å²) in [6, 6.07) is 0.281. The lowest BCUT2D eigenvalue weighted by molar-refractivity contribution is -0.140. The number of urea groups is 1. The summed E-state index contributed by atoms with van der Waals surface area (Å²) >= 11 is 0. The van der Waals surface area contributed by atoms with Gasteiger partial charge in [-0.2, -0.15) is 0 Å². The molecule has 1 rings (SSSR count). The molecule has 6 heteroatoms. The van der Waals surface area contributed by atoms with E-state index in [4.69, 9.17) is 5.11 Å². The normalized spacial score (nSPS) is 12.0. The van der Waals surface area contributed by atoms with E-state index in [9.17, 15) is 9.59 Å². The Labute approximate surface area is 105 Å². The maximum atomic E-state index is 11.6. The van der Waals surface area contributed by atoms with Gasteiger partial charge in [0.2, 0.25) is 0 Å². The van der Waals surface area contributed by atoms with Gasteiger partial charge in [-0.1, -0.05) is 13.8 Å². The van der Waals surface area contributed by atoms with Gasteiger partial charge in [0, 0.05) is 6.20 Å². The first-order valence-electron chi connectivity index (χ1n) is 5.62. The van der Waals surface area contributed by atoms with Crippen LogP contribution in [0.1, 0.15) is 19.4 Å². The van der Waals surface area contributed by atoms with E-state index >= 15 is 0 Å². The van der Waals surface area contributed by atoms with Crippen LogP contribution < -0.4 is 10.6 Å². The van der Waals surface area contributed by atoms with Gasteiger partial charge in [0.05, 0.1) is 11.9 Å². The second-order valence-electron chi connectivity index (χ2n) is 4.41. The molecule has 0 aliphatic rings. The molecule has 1 aromatic heterocycles. The van der Waals surface area contributed by atoms with Crippen LogP contribution >= 0.6 is 0 Å². The molecule has 1 atom stereocenters. The number of pyridine rings is 1. The van der Waals surface area contributed by atoms with E-state index in [1.807, 2.05) is 6.92 Å². The predicted molar refractivity (Wildman–Crippen MR) is 67.4 cm³/mol. The van der Waals surface area contributed by atoms with Gasteiger partial charge in [-0.3, -0.25) is 4.98 Å². The van der Waals surface area contributed by atoms with Crippen molar-refractivity contribution in [2.75, 3.05) is 5.32 Å². The van der Waals surface area contributed by atoms with Crippen LogP contribution in [-0.2, 0) is 4.79 Å². The zero-order chi connectivity index (χ0) is 13.7. The second kappa shape index (κ2) is 6.00. The summed E-state index contributed by atoms with van der Waals surface area (Å²) in [7, 11) is 0. The molecular weight excluding hydrogens is 234 g/mol. The molecule has 6 nitrogen and oxygen atoms in total. The van der Waals surface area contributed by atoms with E-state index in [0.717, 1.165) is 5.56 Å². The van der Waals surface area contributed by atoms with Crippen LogP contribution in [0.2, 0.25) is 0 Å². The highest BCUT2D eigenvalue weighted by atomic mass is 16.4. The van der Waals surface area contributed by atoms with Gasteiger partial charge in [0.1, 0.15) is 6.04 Å². The zero-order valence-corrected chi connectivity index (χ0v) is 10.6. The molecule has 0 spiro atoms. The van der Waals surface area contributed by atoms with Gasteiger partial charge in [0.25, 0.3) is 0 Å². The van der Waals surface area contributed by atoms with Crippen molar-refractivity contribution in [2.45, 2.75) is 26.8 Å². The molecule has 0 aliphatic carbocycles. The summed E-state index contributed by atoms with van der Waals surface area (Å²) < 4.78 is 0. The highest BCUT2D eigenvalue weighted by molar-refractivity contribution is 5.92. The van der Waals surface area contributed by atoms with Crippen molar-refractivity contribution >= 4 is 17.7 Å². The van der Waals surface area contributed by atoms with Crippen molar-refractivity contribution in [3.63, 3.8) is 0 Å². The van der Waals surface area contributed by atoms with Crippen LogP contribution in [0.25, 0.3) is 0 Å². The molecule has 0 radical (unpaired) electrons. The maximum absolute atomic E-state index is 11.6. The van der Waals surface area contributed by atoms with Crippen molar-refractivity contribution in [2.24, 2.45) is 5.92 Å². The number of aliphatic carboxylic acids is 1. The first kappa shape index (κ1) is 14.0. The van der Waals surface area contributed by atoms with Crippen molar-refractivity contribution in [1.29, 1.82) is 0 Å². The third-order valence-electron chi connectivity index (χ3n) is 2.35. The number of nitrogens with zero attached hydrogens (tertiary/aromatic N) is 1. The van der Waals surface area contributed by atoms with Crippen LogP contribution in [0, 0.1) is 12.8 Å². The number of aryl methyl sites for hydroxylation is 1. The molecule has 0 fully saturated rings. The first-order chi connectivity index (χ1) is 8.40. The van der Waals surface area contributed by atoms with Gasteiger partial charge >= 0.3 is 12.0 Å².